The van der Waals surface area contributed by atoms with Crippen molar-refractivity contribution in [2.24, 2.45) is 0 Å². The molecule has 2 aliphatic rings. The first kappa shape index (κ1) is 20.4. The minimum atomic E-state index is -1.64. The number of carbonyl (C=O) groups excluding carboxylic acids is 1. The van der Waals surface area contributed by atoms with Crippen molar-refractivity contribution in [1.82, 2.24) is 5.32 Å². The monoisotopic (exact) mass is 367 g/mol. The fourth-order valence-electron chi connectivity index (χ4n) is 2.92. The highest BCUT2D eigenvalue weighted by Gasteiger charge is 2.50. The molecule has 2 heterocycles. The lowest BCUT2D eigenvalue weighted by Crippen LogP contribution is -2.67. The molecule has 0 aromatic rings. The Bertz CT molecular complexity index is 465. The Balaban J connectivity index is 2.20. The molecule has 0 spiro atoms. The summed E-state index contributed by atoms with van der Waals surface area (Å²) in [6.45, 7) is 2.01. The third-order valence-corrected chi connectivity index (χ3v) is 4.34. The van der Waals surface area contributed by atoms with Gasteiger partial charge in [-0.2, -0.15) is 0 Å². The summed E-state index contributed by atoms with van der Waals surface area (Å²) in [6.07, 6.45) is -12.4. The van der Waals surface area contributed by atoms with Gasteiger partial charge < -0.3 is 50.2 Å². The molecule has 2 aliphatic heterocycles. The summed E-state index contributed by atoms with van der Waals surface area (Å²) in [5.41, 5.74) is 0. The van der Waals surface area contributed by atoms with Crippen LogP contribution >= 0.6 is 0 Å². The molecule has 11 nitrogen and oxygen atoms in total. The molecule has 11 heteroatoms. The van der Waals surface area contributed by atoms with Crippen molar-refractivity contribution in [2.75, 3.05) is 6.61 Å². The van der Waals surface area contributed by atoms with E-state index in [1.165, 1.54) is 13.8 Å². The van der Waals surface area contributed by atoms with Gasteiger partial charge in [-0.1, -0.05) is 0 Å². The Kier molecular flexibility index (Phi) is 6.70. The van der Waals surface area contributed by atoms with Gasteiger partial charge in [0.25, 0.3) is 0 Å². The standard InChI is InChI=1S/C14H25NO10/c1-4-8(18)10(20)11(21)14(23-4)25-12-7(15-5(2)17)13(22)24-6(3-16)9(12)19/h4,6-14,16,18-22H,3H2,1-2H3,(H,15,17)/t4-,6+,7+,8-,9+,10+,11+,12+,13+,14-/m0/s1. The quantitative estimate of drug-likeness (QED) is 0.257. The van der Waals surface area contributed by atoms with Gasteiger partial charge in [0.05, 0.1) is 12.7 Å². The Labute approximate surface area is 143 Å². The second kappa shape index (κ2) is 8.20. The molecule has 0 aliphatic carbocycles. The number of rotatable bonds is 4. The zero-order valence-corrected chi connectivity index (χ0v) is 13.8. The number of aliphatic hydroxyl groups excluding tert-OH is 6. The zero-order valence-electron chi connectivity index (χ0n) is 13.8. The average molecular weight is 367 g/mol. The number of nitrogens with one attached hydrogen (secondary N) is 1. The lowest BCUT2D eigenvalue weighted by Gasteiger charge is -2.46. The van der Waals surface area contributed by atoms with Crippen molar-refractivity contribution < 1.29 is 49.6 Å². The molecule has 25 heavy (non-hydrogen) atoms. The highest BCUT2D eigenvalue weighted by Crippen LogP contribution is 2.28. The van der Waals surface area contributed by atoms with Gasteiger partial charge in [0.2, 0.25) is 5.91 Å². The van der Waals surface area contributed by atoms with Crippen LogP contribution in [-0.4, -0.2) is 105 Å². The molecule has 0 radical (unpaired) electrons. The van der Waals surface area contributed by atoms with Crippen LogP contribution in [0.15, 0.2) is 0 Å². The maximum Gasteiger partial charge on any atom is 0.217 e. The smallest absolute Gasteiger partial charge is 0.217 e. The Morgan fingerprint density at radius 1 is 1.04 bits per heavy atom. The predicted octanol–water partition coefficient (Wildman–Crippen LogP) is -4.23. The Morgan fingerprint density at radius 3 is 2.24 bits per heavy atom. The third kappa shape index (κ3) is 4.27. The third-order valence-electron chi connectivity index (χ3n) is 4.34. The summed E-state index contributed by atoms with van der Waals surface area (Å²) in [4.78, 5) is 11.3. The van der Waals surface area contributed by atoms with Gasteiger partial charge in [0, 0.05) is 6.92 Å². The molecule has 10 atom stereocenters. The van der Waals surface area contributed by atoms with Crippen LogP contribution in [0, 0.1) is 0 Å². The molecule has 2 rings (SSSR count). The maximum atomic E-state index is 11.3. The summed E-state index contributed by atoms with van der Waals surface area (Å²) in [7, 11) is 0. The highest BCUT2D eigenvalue weighted by molar-refractivity contribution is 5.73. The average Bonchev–Trinajstić information content (AvgIpc) is 2.56. The van der Waals surface area contributed by atoms with Gasteiger partial charge in [0.1, 0.15) is 42.7 Å². The fraction of sp³-hybridized carbons (Fsp3) is 0.929. The number of carbonyl (C=O) groups is 1. The van der Waals surface area contributed by atoms with Crippen molar-refractivity contribution in [2.45, 2.75) is 75.2 Å². The van der Waals surface area contributed by atoms with Crippen molar-refractivity contribution in [3.05, 3.63) is 0 Å². The lowest BCUT2D eigenvalue weighted by atomic mass is 9.95. The van der Waals surface area contributed by atoms with Crippen LogP contribution in [0.5, 0.6) is 0 Å². The van der Waals surface area contributed by atoms with Gasteiger partial charge in [-0.15, -0.1) is 0 Å². The van der Waals surface area contributed by atoms with E-state index in [2.05, 4.69) is 5.32 Å². The van der Waals surface area contributed by atoms with Crippen molar-refractivity contribution in [3.63, 3.8) is 0 Å². The largest absolute Gasteiger partial charge is 0.394 e. The van der Waals surface area contributed by atoms with Crippen LogP contribution in [0.25, 0.3) is 0 Å². The van der Waals surface area contributed by atoms with Gasteiger partial charge in [-0.25, -0.2) is 0 Å². The minimum Gasteiger partial charge on any atom is -0.394 e. The highest BCUT2D eigenvalue weighted by atomic mass is 16.7. The van der Waals surface area contributed by atoms with Gasteiger partial charge in [-0.3, -0.25) is 4.79 Å². The molecule has 146 valence electrons. The first-order valence-corrected chi connectivity index (χ1v) is 7.92. The summed E-state index contributed by atoms with van der Waals surface area (Å²) < 4.78 is 15.8. The Hall–Kier alpha value is -0.890. The van der Waals surface area contributed by atoms with E-state index in [0.717, 1.165) is 0 Å². The molecule has 0 aromatic heterocycles. The second-order valence-corrected chi connectivity index (χ2v) is 6.25. The zero-order chi connectivity index (χ0) is 18.9. The number of amides is 1. The molecule has 2 fully saturated rings. The SMILES string of the molecule is CC(=O)N[C@@H]1[C@@H](O[C@@H]2O[C@@H](C)[C@H](O)[C@@H](O)[C@H]2O)[C@H](O)[C@@H](CO)O[C@H]1O. The van der Waals surface area contributed by atoms with E-state index in [1.54, 1.807) is 0 Å². The molecule has 0 aromatic carbocycles. The van der Waals surface area contributed by atoms with Gasteiger partial charge in [0.15, 0.2) is 12.6 Å². The van der Waals surface area contributed by atoms with Crippen LogP contribution in [0.3, 0.4) is 0 Å². The molecular weight excluding hydrogens is 342 g/mol. The predicted molar refractivity (Wildman–Crippen MR) is 78.8 cm³/mol. The van der Waals surface area contributed by atoms with E-state index in [1.807, 2.05) is 0 Å². The van der Waals surface area contributed by atoms with E-state index in [-0.39, 0.29) is 0 Å². The summed E-state index contributed by atoms with van der Waals surface area (Å²) >= 11 is 0. The number of ether oxygens (including phenoxy) is 3. The maximum absolute atomic E-state index is 11.3. The first-order valence-electron chi connectivity index (χ1n) is 7.92. The van der Waals surface area contributed by atoms with Crippen LogP contribution in [0.4, 0.5) is 0 Å². The van der Waals surface area contributed by atoms with E-state index >= 15 is 0 Å². The minimum absolute atomic E-state index is 0.537. The summed E-state index contributed by atoms with van der Waals surface area (Å²) in [5, 5.41) is 61.5. The number of hydrogen-bond donors (Lipinski definition) is 7. The van der Waals surface area contributed by atoms with Crippen molar-refractivity contribution >= 4 is 5.91 Å². The topological polar surface area (TPSA) is 178 Å². The van der Waals surface area contributed by atoms with Crippen LogP contribution in [-0.2, 0) is 19.0 Å². The molecule has 1 amide bonds. The number of hydrogen-bond acceptors (Lipinski definition) is 10. The van der Waals surface area contributed by atoms with E-state index in [4.69, 9.17) is 14.2 Å². The molecule has 2 saturated heterocycles. The van der Waals surface area contributed by atoms with Crippen LogP contribution in [0.2, 0.25) is 0 Å². The fourth-order valence-corrected chi connectivity index (χ4v) is 2.92. The first-order chi connectivity index (χ1) is 11.7. The molecule has 0 saturated carbocycles. The number of aliphatic hydroxyl groups is 6. The van der Waals surface area contributed by atoms with Crippen molar-refractivity contribution in [3.8, 4) is 0 Å². The van der Waals surface area contributed by atoms with Crippen LogP contribution < -0.4 is 5.32 Å². The molecule has 0 bridgehead atoms. The van der Waals surface area contributed by atoms with E-state index < -0.39 is 73.9 Å². The van der Waals surface area contributed by atoms with E-state index in [0.29, 0.717) is 0 Å². The van der Waals surface area contributed by atoms with Crippen molar-refractivity contribution in [1.29, 1.82) is 0 Å². The Morgan fingerprint density at radius 2 is 1.68 bits per heavy atom. The summed E-state index contributed by atoms with van der Waals surface area (Å²) in [6, 6.07) is -1.22. The normalized spacial score (nSPS) is 48.2. The van der Waals surface area contributed by atoms with Gasteiger partial charge in [-0.05, 0) is 6.92 Å². The summed E-state index contributed by atoms with van der Waals surface area (Å²) in [5.74, 6) is -0.537. The second-order valence-electron chi connectivity index (χ2n) is 6.25. The van der Waals surface area contributed by atoms with Crippen LogP contribution in [0.1, 0.15) is 13.8 Å². The molecular formula is C14H25NO10. The molecule has 0 unspecified atom stereocenters. The molecule has 7 N–H and O–H groups in total. The van der Waals surface area contributed by atoms with Gasteiger partial charge >= 0.3 is 0 Å². The van der Waals surface area contributed by atoms with E-state index in [9.17, 15) is 35.4 Å². The lowest BCUT2D eigenvalue weighted by molar-refractivity contribution is -0.337.